The molecule has 0 unspecified atom stereocenters. The van der Waals surface area contributed by atoms with E-state index in [1.807, 2.05) is 0 Å². The molecule has 0 aliphatic carbocycles. The molecule has 23 heavy (non-hydrogen) atoms. The van der Waals surface area contributed by atoms with Crippen LogP contribution in [0.4, 0.5) is 4.39 Å². The van der Waals surface area contributed by atoms with Gasteiger partial charge in [-0.2, -0.15) is 0 Å². The summed E-state index contributed by atoms with van der Waals surface area (Å²) in [5.74, 6) is 2.51. The van der Waals surface area contributed by atoms with Crippen LogP contribution in [0.1, 0.15) is 24.4 Å². The highest BCUT2D eigenvalue weighted by Crippen LogP contribution is 2.19. The van der Waals surface area contributed by atoms with Gasteiger partial charge in [0.25, 0.3) is 5.56 Å². The summed E-state index contributed by atoms with van der Waals surface area (Å²) >= 11 is 0. The van der Waals surface area contributed by atoms with E-state index >= 15 is 0 Å². The molecule has 3 aromatic rings. The molecule has 0 saturated carbocycles. The predicted octanol–water partition coefficient (Wildman–Crippen LogP) is 2.53. The number of hydrogen-bond acceptors (Lipinski definition) is 3. The van der Waals surface area contributed by atoms with Gasteiger partial charge in [-0.1, -0.05) is 12.0 Å². The van der Waals surface area contributed by atoms with Crippen molar-refractivity contribution in [3.63, 3.8) is 0 Å². The second kappa shape index (κ2) is 5.67. The van der Waals surface area contributed by atoms with E-state index in [1.165, 1.54) is 28.8 Å². The molecule has 2 N–H and O–H groups in total. The van der Waals surface area contributed by atoms with Crippen LogP contribution in [0.15, 0.2) is 47.3 Å². The summed E-state index contributed by atoms with van der Waals surface area (Å²) < 4.78 is 14.6. The van der Waals surface area contributed by atoms with E-state index in [0.717, 1.165) is 0 Å². The van der Waals surface area contributed by atoms with Crippen LogP contribution in [0.5, 0.6) is 0 Å². The molecule has 0 aliphatic rings. The van der Waals surface area contributed by atoms with Gasteiger partial charge in [-0.3, -0.25) is 9.36 Å². The maximum Gasteiger partial charge on any atom is 0.267 e. The van der Waals surface area contributed by atoms with Gasteiger partial charge in [-0.05, 0) is 43.3 Å². The molecule has 2 aromatic carbocycles. The van der Waals surface area contributed by atoms with E-state index in [1.54, 1.807) is 25.1 Å². The number of aromatic nitrogens is 2. The first-order valence-corrected chi connectivity index (χ1v) is 7.06. The van der Waals surface area contributed by atoms with Crippen LogP contribution < -0.4 is 11.3 Å². The first-order valence-electron chi connectivity index (χ1n) is 7.06. The summed E-state index contributed by atoms with van der Waals surface area (Å²) in [7, 11) is 0. The third kappa shape index (κ3) is 2.50. The molecule has 3 rings (SSSR count). The van der Waals surface area contributed by atoms with Gasteiger partial charge in [0.1, 0.15) is 11.6 Å². The number of terminal acetylenes is 1. The topological polar surface area (TPSA) is 60.9 Å². The lowest BCUT2D eigenvalue weighted by atomic mass is 10.1. The van der Waals surface area contributed by atoms with Crippen molar-refractivity contribution in [2.75, 3.05) is 0 Å². The number of hydrogen-bond donors (Lipinski definition) is 1. The van der Waals surface area contributed by atoms with Crippen molar-refractivity contribution in [1.29, 1.82) is 0 Å². The highest BCUT2D eigenvalue weighted by molar-refractivity contribution is 5.84. The van der Waals surface area contributed by atoms with Crippen LogP contribution >= 0.6 is 0 Å². The zero-order valence-electron chi connectivity index (χ0n) is 12.5. The van der Waals surface area contributed by atoms with E-state index in [2.05, 4.69) is 10.9 Å². The normalized spacial score (nSPS) is 12.1. The molecule has 1 heterocycles. The Kier molecular flexibility index (Phi) is 3.68. The minimum Gasteiger partial charge on any atom is -0.322 e. The lowest BCUT2D eigenvalue weighted by Crippen LogP contribution is -2.28. The quantitative estimate of drug-likeness (QED) is 0.740. The first kappa shape index (κ1) is 14.9. The van der Waals surface area contributed by atoms with Gasteiger partial charge in [0.2, 0.25) is 0 Å². The molecular weight excluding hydrogens is 293 g/mol. The van der Waals surface area contributed by atoms with Crippen molar-refractivity contribution >= 4 is 10.9 Å². The molecule has 114 valence electrons. The Hall–Kier alpha value is -2.97. The maximum atomic E-state index is 13.2. The first-order chi connectivity index (χ1) is 11.0. The standard InChI is InChI=1S/C18H14FN3O/c1-3-12-5-4-6-15-16(12)18(23)22(17(21-15)11(2)20)14-9-7-13(19)8-10-14/h1,4-11H,20H2,2H3/t11-/m0/s1. The number of halogens is 1. The smallest absolute Gasteiger partial charge is 0.267 e. The average molecular weight is 307 g/mol. The SMILES string of the molecule is C#Cc1cccc2nc([C@H](C)N)n(-c3ccc(F)cc3)c(=O)c12. The van der Waals surface area contributed by atoms with Gasteiger partial charge in [0, 0.05) is 5.56 Å². The number of nitrogens with two attached hydrogens (primary N) is 1. The molecule has 0 spiro atoms. The molecule has 5 heteroatoms. The van der Waals surface area contributed by atoms with Crippen LogP contribution in [0.3, 0.4) is 0 Å². The fraction of sp³-hybridized carbons (Fsp3) is 0.111. The lowest BCUT2D eigenvalue weighted by Gasteiger charge is -2.16. The van der Waals surface area contributed by atoms with Crippen molar-refractivity contribution in [2.24, 2.45) is 5.73 Å². The summed E-state index contributed by atoms with van der Waals surface area (Å²) in [5, 5.41) is 0.351. The van der Waals surface area contributed by atoms with Crippen molar-refractivity contribution in [2.45, 2.75) is 13.0 Å². The second-order valence-electron chi connectivity index (χ2n) is 5.22. The highest BCUT2D eigenvalue weighted by Gasteiger charge is 2.17. The third-order valence-electron chi connectivity index (χ3n) is 3.57. The van der Waals surface area contributed by atoms with Crippen LogP contribution in [0.2, 0.25) is 0 Å². The number of rotatable bonds is 2. The van der Waals surface area contributed by atoms with Crippen LogP contribution in [0.25, 0.3) is 16.6 Å². The molecule has 0 bridgehead atoms. The molecule has 1 aromatic heterocycles. The number of benzene rings is 2. The Morgan fingerprint density at radius 3 is 2.57 bits per heavy atom. The minimum absolute atomic E-state index is 0.317. The molecule has 0 radical (unpaired) electrons. The predicted molar refractivity (Wildman–Crippen MR) is 87.8 cm³/mol. The van der Waals surface area contributed by atoms with E-state index < -0.39 is 6.04 Å². The molecule has 4 nitrogen and oxygen atoms in total. The maximum absolute atomic E-state index is 13.2. The van der Waals surface area contributed by atoms with E-state index in [4.69, 9.17) is 12.2 Å². The number of nitrogens with zero attached hydrogens (tertiary/aromatic N) is 2. The molecule has 0 fully saturated rings. The Bertz CT molecular complexity index is 982. The third-order valence-corrected chi connectivity index (χ3v) is 3.57. The van der Waals surface area contributed by atoms with Crippen LogP contribution in [-0.4, -0.2) is 9.55 Å². The van der Waals surface area contributed by atoms with Gasteiger partial charge >= 0.3 is 0 Å². The Morgan fingerprint density at radius 2 is 1.96 bits per heavy atom. The van der Waals surface area contributed by atoms with Crippen LogP contribution in [0, 0.1) is 18.2 Å². The zero-order chi connectivity index (χ0) is 16.6. The molecule has 0 saturated heterocycles. The van der Waals surface area contributed by atoms with E-state index in [0.29, 0.717) is 28.0 Å². The van der Waals surface area contributed by atoms with Crippen molar-refractivity contribution < 1.29 is 4.39 Å². The van der Waals surface area contributed by atoms with Crippen molar-refractivity contribution in [1.82, 2.24) is 9.55 Å². The summed E-state index contributed by atoms with van der Waals surface area (Å²) in [4.78, 5) is 17.5. The Labute approximate surface area is 132 Å². The fourth-order valence-electron chi connectivity index (χ4n) is 2.51. The molecule has 1 atom stereocenters. The summed E-state index contributed by atoms with van der Waals surface area (Å²) in [6.45, 7) is 1.73. The second-order valence-corrected chi connectivity index (χ2v) is 5.22. The number of fused-ring (bicyclic) bond motifs is 1. The summed E-state index contributed by atoms with van der Waals surface area (Å²) in [6, 6.07) is 10.3. The largest absolute Gasteiger partial charge is 0.322 e. The fourth-order valence-corrected chi connectivity index (χ4v) is 2.51. The monoisotopic (exact) mass is 307 g/mol. The molecule has 0 amide bonds. The van der Waals surface area contributed by atoms with Gasteiger partial charge < -0.3 is 5.73 Å². The Balaban J connectivity index is 2.46. The van der Waals surface area contributed by atoms with Gasteiger partial charge in [-0.25, -0.2) is 9.37 Å². The minimum atomic E-state index is -0.480. The van der Waals surface area contributed by atoms with E-state index in [-0.39, 0.29) is 11.4 Å². The van der Waals surface area contributed by atoms with Gasteiger partial charge in [0.15, 0.2) is 0 Å². The summed E-state index contributed by atoms with van der Waals surface area (Å²) in [6.07, 6.45) is 5.49. The molecule has 0 aliphatic heterocycles. The molecular formula is C18H14FN3O. The van der Waals surface area contributed by atoms with Crippen molar-refractivity contribution in [3.05, 3.63) is 70.0 Å². The van der Waals surface area contributed by atoms with Gasteiger partial charge in [0.05, 0.1) is 22.6 Å². The van der Waals surface area contributed by atoms with Gasteiger partial charge in [-0.15, -0.1) is 6.42 Å². The van der Waals surface area contributed by atoms with Crippen molar-refractivity contribution in [3.8, 4) is 18.0 Å². The average Bonchev–Trinajstić information content (AvgIpc) is 2.55. The highest BCUT2D eigenvalue weighted by atomic mass is 19.1. The van der Waals surface area contributed by atoms with E-state index in [9.17, 15) is 9.18 Å². The zero-order valence-corrected chi connectivity index (χ0v) is 12.5. The summed E-state index contributed by atoms with van der Waals surface area (Å²) in [5.41, 5.74) is 7.11. The van der Waals surface area contributed by atoms with Crippen LogP contribution in [-0.2, 0) is 0 Å². The Morgan fingerprint density at radius 1 is 1.26 bits per heavy atom. The lowest BCUT2D eigenvalue weighted by molar-refractivity contribution is 0.626.